The predicted molar refractivity (Wildman–Crippen MR) is 157 cm³/mol. The van der Waals surface area contributed by atoms with Crippen LogP contribution >= 0.6 is 0 Å². The maximum absolute atomic E-state index is 13.6. The van der Waals surface area contributed by atoms with Crippen LogP contribution in [-0.2, 0) is 29.0 Å². The summed E-state index contributed by atoms with van der Waals surface area (Å²) in [5, 5.41) is 7.14. The highest BCUT2D eigenvalue weighted by atomic mass is 16.5. The minimum absolute atomic E-state index is 0.0304. The normalized spacial score (nSPS) is 17.1. The Kier molecular flexibility index (Phi) is 8.44. The van der Waals surface area contributed by atoms with Gasteiger partial charge in [-0.25, -0.2) is 4.98 Å². The van der Waals surface area contributed by atoms with Crippen molar-refractivity contribution in [2.45, 2.75) is 51.1 Å². The first-order valence-electron chi connectivity index (χ1n) is 14.6. The third-order valence-corrected chi connectivity index (χ3v) is 7.79. The topological polar surface area (TPSA) is 98.6 Å². The smallest absolute Gasteiger partial charge is 0.223 e. The number of nitrogens with one attached hydrogen (secondary N) is 1. The molecule has 9 nitrogen and oxygen atoms in total. The second-order valence-electron chi connectivity index (χ2n) is 10.7. The van der Waals surface area contributed by atoms with Crippen LogP contribution in [0.3, 0.4) is 0 Å². The zero-order chi connectivity index (χ0) is 28.7. The summed E-state index contributed by atoms with van der Waals surface area (Å²) in [6.45, 7) is 2.30. The average molecular weight is 566 g/mol. The van der Waals surface area contributed by atoms with E-state index in [9.17, 15) is 9.59 Å². The fourth-order valence-electron chi connectivity index (χ4n) is 5.65. The summed E-state index contributed by atoms with van der Waals surface area (Å²) in [5.74, 6) is 2.39. The first-order chi connectivity index (χ1) is 20.6. The van der Waals surface area contributed by atoms with Crippen molar-refractivity contribution < 1.29 is 19.1 Å². The van der Waals surface area contributed by atoms with Crippen molar-refractivity contribution in [3.05, 3.63) is 102 Å². The third kappa shape index (κ3) is 6.62. The monoisotopic (exact) mass is 565 g/mol. The number of hydrogen-bond acceptors (Lipinski definition) is 6. The van der Waals surface area contributed by atoms with E-state index < -0.39 is 0 Å². The van der Waals surface area contributed by atoms with E-state index in [2.05, 4.69) is 33.6 Å². The lowest BCUT2D eigenvalue weighted by molar-refractivity contribution is -0.133. The molecular formula is C33H35N5O4. The van der Waals surface area contributed by atoms with Gasteiger partial charge in [-0.2, -0.15) is 5.10 Å². The molecule has 5 heterocycles. The average Bonchev–Trinajstić information content (AvgIpc) is 3.53. The number of ether oxygens (including phenoxy) is 2. The number of rotatable bonds is 4. The molecule has 1 aromatic heterocycles. The van der Waals surface area contributed by atoms with Crippen LogP contribution in [0.1, 0.15) is 54.0 Å². The number of aryl methyl sites for hydroxylation is 2. The van der Waals surface area contributed by atoms with Gasteiger partial charge in [-0.1, -0.05) is 30.3 Å². The van der Waals surface area contributed by atoms with E-state index in [1.54, 1.807) is 11.0 Å². The van der Waals surface area contributed by atoms with E-state index in [4.69, 9.17) is 9.47 Å². The molecule has 4 aromatic rings. The minimum atomic E-state index is -0.238. The van der Waals surface area contributed by atoms with Crippen LogP contribution in [-0.4, -0.2) is 51.2 Å². The number of fused-ring (bicyclic) bond motifs is 1. The van der Waals surface area contributed by atoms with Crippen molar-refractivity contribution >= 4 is 11.8 Å². The van der Waals surface area contributed by atoms with Crippen molar-refractivity contribution in [3.8, 4) is 17.2 Å². The molecule has 8 bridgehead atoms. The van der Waals surface area contributed by atoms with Gasteiger partial charge < -0.3 is 19.7 Å². The maximum atomic E-state index is 13.6. The van der Waals surface area contributed by atoms with E-state index in [1.165, 1.54) is 11.9 Å². The lowest BCUT2D eigenvalue weighted by atomic mass is 9.87. The second kappa shape index (κ2) is 12.9. The van der Waals surface area contributed by atoms with Crippen LogP contribution in [0, 0.1) is 0 Å². The molecule has 0 fully saturated rings. The molecule has 4 aliphatic rings. The Bertz CT molecular complexity index is 1520. The Balaban J connectivity index is 1.29. The molecule has 216 valence electrons. The minimum Gasteiger partial charge on any atom is -0.494 e. The number of aromatic nitrogens is 3. The fraction of sp³-hybridized carbons (Fsp3) is 0.333. The van der Waals surface area contributed by atoms with Crippen molar-refractivity contribution in [3.63, 3.8) is 0 Å². The van der Waals surface area contributed by atoms with Crippen molar-refractivity contribution in [1.29, 1.82) is 0 Å². The number of nitrogens with zero attached hydrogens (tertiary/aromatic N) is 4. The van der Waals surface area contributed by atoms with Crippen molar-refractivity contribution in [2.75, 3.05) is 19.7 Å². The number of amides is 2. The van der Waals surface area contributed by atoms with E-state index in [0.29, 0.717) is 58.3 Å². The van der Waals surface area contributed by atoms with Crippen LogP contribution < -0.4 is 14.8 Å². The number of hydrogen-bond donors (Lipinski definition) is 1. The van der Waals surface area contributed by atoms with Gasteiger partial charge in [0.2, 0.25) is 11.8 Å². The van der Waals surface area contributed by atoms with Crippen molar-refractivity contribution in [2.24, 2.45) is 0 Å². The summed E-state index contributed by atoms with van der Waals surface area (Å²) in [6.07, 6.45) is 6.84. The molecule has 1 N–H and O–H groups in total. The highest BCUT2D eigenvalue weighted by molar-refractivity contribution is 5.78. The molecule has 0 saturated carbocycles. The molecular weight excluding hydrogens is 530 g/mol. The van der Waals surface area contributed by atoms with E-state index in [-0.39, 0.29) is 17.9 Å². The first-order valence-corrected chi connectivity index (χ1v) is 14.6. The molecule has 3 aromatic carbocycles. The standard InChI is InChI=1S/C33H35N5O4/c39-31-14-9-24-7-10-27(11-8-24)42-29-12-13-30-25(20-29)15-18-38(32(40)6-2-17-37-23-34-22-36-37)33(30)26-4-1-5-28(21-26)41-19-3-16-35-31/h1,4-5,7-8,10-13,20-23,33H,2-3,6,9,14-19H2,(H,35,39). The van der Waals surface area contributed by atoms with Crippen LogP contribution in [0.5, 0.6) is 17.2 Å². The number of carbonyl (C=O) groups is 2. The van der Waals surface area contributed by atoms with Gasteiger partial charge in [0.15, 0.2) is 0 Å². The van der Waals surface area contributed by atoms with Crippen LogP contribution in [0.4, 0.5) is 0 Å². The Hall–Kier alpha value is -4.66. The van der Waals surface area contributed by atoms with Gasteiger partial charge in [-0.05, 0) is 84.3 Å². The molecule has 2 amide bonds. The SMILES string of the molecule is O=C1CCc2ccc(cc2)Oc2ccc3c(c2)CCN(C(=O)CCCn2cncn2)C3c2cccc(c2)OCCCN1. The molecule has 0 aliphatic carbocycles. The number of benzene rings is 3. The second-order valence-corrected chi connectivity index (χ2v) is 10.7. The zero-order valence-corrected chi connectivity index (χ0v) is 23.6. The molecule has 4 aliphatic heterocycles. The molecule has 1 atom stereocenters. The van der Waals surface area contributed by atoms with Crippen LogP contribution in [0.2, 0.25) is 0 Å². The molecule has 8 rings (SSSR count). The highest BCUT2D eigenvalue weighted by Crippen LogP contribution is 2.39. The molecule has 0 spiro atoms. The van der Waals surface area contributed by atoms with Crippen LogP contribution in [0.25, 0.3) is 0 Å². The summed E-state index contributed by atoms with van der Waals surface area (Å²) < 4.78 is 14.0. The van der Waals surface area contributed by atoms with E-state index in [0.717, 1.165) is 40.4 Å². The molecule has 1 unspecified atom stereocenters. The lowest BCUT2D eigenvalue weighted by Gasteiger charge is -2.38. The molecule has 0 saturated heterocycles. The van der Waals surface area contributed by atoms with Crippen molar-refractivity contribution in [1.82, 2.24) is 25.0 Å². The van der Waals surface area contributed by atoms with Gasteiger partial charge in [-0.3, -0.25) is 14.3 Å². The Labute approximate surface area is 245 Å². The Morgan fingerprint density at radius 1 is 0.976 bits per heavy atom. The fourth-order valence-corrected chi connectivity index (χ4v) is 5.65. The van der Waals surface area contributed by atoms with E-state index in [1.807, 2.05) is 53.4 Å². The summed E-state index contributed by atoms with van der Waals surface area (Å²) in [4.78, 5) is 31.9. The first kappa shape index (κ1) is 27.5. The van der Waals surface area contributed by atoms with E-state index >= 15 is 0 Å². The van der Waals surface area contributed by atoms with Gasteiger partial charge in [0.05, 0.1) is 12.6 Å². The molecule has 42 heavy (non-hydrogen) atoms. The zero-order valence-electron chi connectivity index (χ0n) is 23.6. The Morgan fingerprint density at radius 3 is 2.71 bits per heavy atom. The lowest BCUT2D eigenvalue weighted by Crippen LogP contribution is -2.40. The summed E-state index contributed by atoms with van der Waals surface area (Å²) in [6, 6.07) is 21.8. The molecule has 0 radical (unpaired) electrons. The number of carbonyl (C=O) groups excluding carboxylic acids is 2. The van der Waals surface area contributed by atoms with Gasteiger partial charge in [0.1, 0.15) is 29.9 Å². The van der Waals surface area contributed by atoms with Gasteiger partial charge >= 0.3 is 0 Å². The van der Waals surface area contributed by atoms with Gasteiger partial charge in [-0.15, -0.1) is 0 Å². The van der Waals surface area contributed by atoms with Gasteiger partial charge in [0.25, 0.3) is 0 Å². The Morgan fingerprint density at radius 2 is 1.86 bits per heavy atom. The van der Waals surface area contributed by atoms with Crippen LogP contribution in [0.15, 0.2) is 79.4 Å². The highest BCUT2D eigenvalue weighted by Gasteiger charge is 2.32. The quantitative estimate of drug-likeness (QED) is 0.380. The summed E-state index contributed by atoms with van der Waals surface area (Å²) in [7, 11) is 0. The predicted octanol–water partition coefficient (Wildman–Crippen LogP) is 4.86. The maximum Gasteiger partial charge on any atom is 0.223 e. The summed E-state index contributed by atoms with van der Waals surface area (Å²) in [5.41, 5.74) is 4.36. The largest absolute Gasteiger partial charge is 0.494 e. The summed E-state index contributed by atoms with van der Waals surface area (Å²) >= 11 is 0. The third-order valence-electron chi connectivity index (χ3n) is 7.79. The van der Waals surface area contributed by atoms with Gasteiger partial charge in [0, 0.05) is 32.5 Å². The molecule has 9 heteroatoms.